The number of hydrogen-bond donors (Lipinski definition) is 0. The van der Waals surface area contributed by atoms with Crippen molar-refractivity contribution >= 4 is 12.7 Å². The minimum Gasteiger partial charge on any atom is -0.213 e. The summed E-state index contributed by atoms with van der Waals surface area (Å²) < 4.78 is 1.81. The van der Waals surface area contributed by atoms with Gasteiger partial charge in [-0.1, -0.05) is 23.9 Å². The number of aryl methyl sites for hydroxylation is 2. The third kappa shape index (κ3) is 1.58. The van der Waals surface area contributed by atoms with Crippen molar-refractivity contribution in [2.45, 2.75) is 26.2 Å². The number of hydrogen-bond acceptors (Lipinski definition) is 2. The van der Waals surface area contributed by atoms with Gasteiger partial charge in [-0.2, -0.15) is 0 Å². The van der Waals surface area contributed by atoms with Gasteiger partial charge in [0.2, 0.25) is 0 Å². The predicted octanol–water partition coefficient (Wildman–Crippen LogP) is 0.967. The summed E-state index contributed by atoms with van der Waals surface area (Å²) in [6.07, 6.45) is 5.58. The highest BCUT2D eigenvalue weighted by atomic mass is 15.4. The van der Waals surface area contributed by atoms with Crippen LogP contribution in [0.25, 0.3) is 18.3 Å². The topological polar surface area (TPSA) is 30.7 Å². The molecule has 1 aliphatic carbocycles. The van der Waals surface area contributed by atoms with Crippen LogP contribution in [0, 0.1) is 0 Å². The molecule has 0 fully saturated rings. The van der Waals surface area contributed by atoms with E-state index in [1.165, 1.54) is 30.4 Å². The van der Waals surface area contributed by atoms with Crippen molar-refractivity contribution in [2.75, 3.05) is 0 Å². The Morgan fingerprint density at radius 1 is 1.29 bits per heavy atom. The summed E-state index contributed by atoms with van der Waals surface area (Å²) in [6, 6.07) is 6.52. The van der Waals surface area contributed by atoms with Crippen LogP contribution in [0.2, 0.25) is 0 Å². The first kappa shape index (κ1) is 10.3. The molecule has 1 aromatic heterocycles. The van der Waals surface area contributed by atoms with Gasteiger partial charge < -0.3 is 0 Å². The van der Waals surface area contributed by atoms with E-state index in [1.807, 2.05) is 17.7 Å². The van der Waals surface area contributed by atoms with Gasteiger partial charge >= 0.3 is 0 Å². The van der Waals surface area contributed by atoms with E-state index in [-0.39, 0.29) is 0 Å². The maximum atomic E-state index is 4.16. The molecule has 17 heavy (non-hydrogen) atoms. The third-order valence-electron chi connectivity index (χ3n) is 3.39. The smallest absolute Gasteiger partial charge is 0.108 e. The zero-order valence-corrected chi connectivity index (χ0v) is 9.98. The van der Waals surface area contributed by atoms with Crippen LogP contribution in [0.3, 0.4) is 0 Å². The Bertz CT molecular complexity index is 667. The van der Waals surface area contributed by atoms with Gasteiger partial charge in [-0.3, -0.25) is 0 Å². The lowest BCUT2D eigenvalue weighted by Gasteiger charge is -2.04. The van der Waals surface area contributed by atoms with Gasteiger partial charge in [-0.15, -0.1) is 5.10 Å². The van der Waals surface area contributed by atoms with Crippen LogP contribution in [0.4, 0.5) is 0 Å². The van der Waals surface area contributed by atoms with Crippen molar-refractivity contribution in [3.8, 4) is 5.69 Å². The standard InChI is InChI=1S/C14H15N3/c1-3-14-10(2)17(16-15-14)13-8-7-11-5-4-6-12(11)9-13/h3,7-9H,2,4-6H2,1H3/b14-3+. The summed E-state index contributed by atoms with van der Waals surface area (Å²) in [4.78, 5) is 0. The zero-order chi connectivity index (χ0) is 11.8. The summed E-state index contributed by atoms with van der Waals surface area (Å²) >= 11 is 0. The molecule has 0 saturated carbocycles. The molecule has 3 nitrogen and oxygen atoms in total. The number of benzene rings is 1. The molecule has 2 aromatic rings. The van der Waals surface area contributed by atoms with Crippen LogP contribution in [-0.4, -0.2) is 15.0 Å². The van der Waals surface area contributed by atoms with Crippen molar-refractivity contribution in [2.24, 2.45) is 0 Å². The van der Waals surface area contributed by atoms with Crippen LogP contribution in [-0.2, 0) is 12.8 Å². The molecule has 0 aliphatic heterocycles. The van der Waals surface area contributed by atoms with E-state index in [4.69, 9.17) is 0 Å². The Hall–Kier alpha value is -1.90. The molecule has 1 aromatic carbocycles. The van der Waals surface area contributed by atoms with E-state index in [1.54, 1.807) is 0 Å². The first-order valence-electron chi connectivity index (χ1n) is 5.99. The summed E-state index contributed by atoms with van der Waals surface area (Å²) in [5.41, 5.74) is 3.98. The second kappa shape index (κ2) is 3.84. The number of aromatic nitrogens is 3. The van der Waals surface area contributed by atoms with Gasteiger partial charge in [-0.25, -0.2) is 4.68 Å². The van der Waals surface area contributed by atoms with Crippen molar-refractivity contribution < 1.29 is 0 Å². The van der Waals surface area contributed by atoms with E-state index in [9.17, 15) is 0 Å². The van der Waals surface area contributed by atoms with Gasteiger partial charge in [0.1, 0.15) is 5.35 Å². The summed E-state index contributed by atoms with van der Waals surface area (Å²) in [5.74, 6) is 0. The minimum atomic E-state index is 0.852. The van der Waals surface area contributed by atoms with Crippen LogP contribution >= 0.6 is 0 Å². The fraction of sp³-hybridized carbons (Fsp3) is 0.286. The molecule has 0 N–H and O–H groups in total. The highest BCUT2D eigenvalue weighted by Gasteiger charge is 2.12. The Balaban J connectivity index is 2.16. The molecule has 3 rings (SSSR count). The van der Waals surface area contributed by atoms with E-state index >= 15 is 0 Å². The van der Waals surface area contributed by atoms with Crippen molar-refractivity contribution in [1.29, 1.82) is 0 Å². The molecule has 0 unspecified atom stereocenters. The van der Waals surface area contributed by atoms with Crippen molar-refractivity contribution in [1.82, 2.24) is 15.0 Å². The van der Waals surface area contributed by atoms with Gasteiger partial charge in [0.15, 0.2) is 0 Å². The monoisotopic (exact) mass is 225 g/mol. The molecular weight excluding hydrogens is 210 g/mol. The van der Waals surface area contributed by atoms with E-state index in [0.29, 0.717) is 0 Å². The predicted molar refractivity (Wildman–Crippen MR) is 68.3 cm³/mol. The highest BCUT2D eigenvalue weighted by molar-refractivity contribution is 5.42. The average Bonchev–Trinajstić information content (AvgIpc) is 2.94. The van der Waals surface area contributed by atoms with Crippen LogP contribution in [0.15, 0.2) is 18.2 Å². The average molecular weight is 225 g/mol. The Kier molecular flexibility index (Phi) is 2.32. The SMILES string of the molecule is C=c1/c(=C\C)nnn1-c1ccc2c(c1)CCC2. The molecule has 0 radical (unpaired) electrons. The lowest BCUT2D eigenvalue weighted by molar-refractivity contribution is 0.787. The Morgan fingerprint density at radius 2 is 2.12 bits per heavy atom. The van der Waals surface area contributed by atoms with E-state index in [0.717, 1.165) is 16.4 Å². The maximum Gasteiger partial charge on any atom is 0.108 e. The van der Waals surface area contributed by atoms with Crippen LogP contribution in [0.1, 0.15) is 24.5 Å². The second-order valence-corrected chi connectivity index (χ2v) is 4.43. The molecule has 0 amide bonds. The summed E-state index contributed by atoms with van der Waals surface area (Å²) in [5, 5.41) is 9.96. The largest absolute Gasteiger partial charge is 0.213 e. The van der Waals surface area contributed by atoms with E-state index in [2.05, 4.69) is 35.1 Å². The quantitative estimate of drug-likeness (QED) is 0.724. The first-order valence-corrected chi connectivity index (χ1v) is 5.99. The zero-order valence-electron chi connectivity index (χ0n) is 9.98. The fourth-order valence-corrected chi connectivity index (χ4v) is 2.43. The number of fused-ring (bicyclic) bond motifs is 1. The minimum absolute atomic E-state index is 0.852. The molecule has 0 saturated heterocycles. The van der Waals surface area contributed by atoms with Crippen molar-refractivity contribution in [3.63, 3.8) is 0 Å². The number of rotatable bonds is 1. The second-order valence-electron chi connectivity index (χ2n) is 4.43. The Morgan fingerprint density at radius 3 is 2.88 bits per heavy atom. The van der Waals surface area contributed by atoms with Gasteiger partial charge in [-0.05, 0) is 49.4 Å². The molecule has 0 spiro atoms. The molecular formula is C14H15N3. The first-order chi connectivity index (χ1) is 8.29. The van der Waals surface area contributed by atoms with E-state index < -0.39 is 0 Å². The lowest BCUT2D eigenvalue weighted by Crippen LogP contribution is -2.27. The maximum absolute atomic E-state index is 4.16. The summed E-state index contributed by atoms with van der Waals surface area (Å²) in [7, 11) is 0. The van der Waals surface area contributed by atoms with Gasteiger partial charge in [0.25, 0.3) is 0 Å². The highest BCUT2D eigenvalue weighted by Crippen LogP contribution is 2.23. The molecule has 0 bridgehead atoms. The number of nitrogens with zero attached hydrogens (tertiary/aromatic N) is 3. The van der Waals surface area contributed by atoms with Crippen molar-refractivity contribution in [3.05, 3.63) is 40.0 Å². The summed E-state index contributed by atoms with van der Waals surface area (Å²) in [6.45, 7) is 5.98. The lowest BCUT2D eigenvalue weighted by atomic mass is 10.1. The Labute approximate surface area is 100 Å². The third-order valence-corrected chi connectivity index (χ3v) is 3.39. The van der Waals surface area contributed by atoms with Gasteiger partial charge in [0, 0.05) is 0 Å². The van der Waals surface area contributed by atoms with Crippen LogP contribution < -0.4 is 10.7 Å². The molecule has 3 heteroatoms. The normalized spacial score (nSPS) is 15.2. The molecule has 86 valence electrons. The molecule has 1 heterocycles. The van der Waals surface area contributed by atoms with Crippen LogP contribution in [0.5, 0.6) is 0 Å². The fourth-order valence-electron chi connectivity index (χ4n) is 2.43. The molecule has 0 atom stereocenters. The molecule has 1 aliphatic rings. The van der Waals surface area contributed by atoms with Gasteiger partial charge in [0.05, 0.1) is 11.0 Å².